The first kappa shape index (κ1) is 15.8. The molecular weight excluding hydrogens is 296 g/mol. The Bertz CT molecular complexity index is 570. The molecule has 3 N–H and O–H groups in total. The molecule has 1 amide bonds. The van der Waals surface area contributed by atoms with Crippen molar-refractivity contribution in [3.8, 4) is 0 Å². The third-order valence-electron chi connectivity index (χ3n) is 3.39. The predicted octanol–water partition coefficient (Wildman–Crippen LogP) is 1.11. The van der Waals surface area contributed by atoms with Crippen molar-refractivity contribution in [2.24, 2.45) is 5.73 Å². The van der Waals surface area contributed by atoms with Gasteiger partial charge in [0.15, 0.2) is 0 Å². The largest absolute Gasteiger partial charge is 0.480 e. The monoisotopic (exact) mass is 312 g/mol. The Hall–Kier alpha value is -1.63. The molecule has 0 aliphatic carbocycles. The lowest BCUT2D eigenvalue weighted by molar-refractivity contribution is -0.165. The number of hydrogen-bond donors (Lipinski definition) is 2. The topological polar surface area (TPSA) is 92.9 Å². The van der Waals surface area contributed by atoms with Gasteiger partial charge in [0, 0.05) is 30.2 Å². The third-order valence-corrected chi connectivity index (χ3v) is 3.74. The summed E-state index contributed by atoms with van der Waals surface area (Å²) in [4.78, 5) is 23.6. The fraction of sp³-hybridized carbons (Fsp3) is 0.429. The van der Waals surface area contributed by atoms with E-state index in [2.05, 4.69) is 4.90 Å². The molecule has 0 atom stereocenters. The summed E-state index contributed by atoms with van der Waals surface area (Å²) in [6, 6.07) is 4.97. The van der Waals surface area contributed by atoms with Gasteiger partial charge in [-0.1, -0.05) is 17.7 Å². The average Bonchev–Trinajstić information content (AvgIpc) is 2.36. The molecule has 0 unspecified atom stereocenters. The number of rotatable bonds is 6. The number of likely N-dealkylation sites (tertiary alicyclic amines) is 1. The summed E-state index contributed by atoms with van der Waals surface area (Å²) in [6.07, 6.45) is 0. The molecular formula is C14H17ClN2O4. The van der Waals surface area contributed by atoms with Crippen molar-refractivity contribution in [2.45, 2.75) is 19.1 Å². The summed E-state index contributed by atoms with van der Waals surface area (Å²) in [6.45, 7) is 3.47. The summed E-state index contributed by atoms with van der Waals surface area (Å²) in [5.74, 6) is -1.48. The average molecular weight is 313 g/mol. The Morgan fingerprint density at radius 3 is 2.67 bits per heavy atom. The Balaban J connectivity index is 1.90. The Morgan fingerprint density at radius 1 is 1.48 bits per heavy atom. The summed E-state index contributed by atoms with van der Waals surface area (Å²) >= 11 is 6.13. The third kappa shape index (κ3) is 3.93. The zero-order valence-electron chi connectivity index (χ0n) is 11.6. The highest BCUT2D eigenvalue weighted by atomic mass is 35.5. The van der Waals surface area contributed by atoms with Crippen LogP contribution in [0.2, 0.25) is 5.02 Å². The van der Waals surface area contributed by atoms with Crippen LogP contribution in [-0.4, -0.2) is 47.2 Å². The van der Waals surface area contributed by atoms with E-state index in [1.165, 1.54) is 0 Å². The number of nitrogens with two attached hydrogens (primary N) is 1. The van der Waals surface area contributed by atoms with E-state index >= 15 is 0 Å². The van der Waals surface area contributed by atoms with Gasteiger partial charge in [0.1, 0.15) is 6.61 Å². The smallest absolute Gasteiger partial charge is 0.329 e. The Labute approximate surface area is 127 Å². The summed E-state index contributed by atoms with van der Waals surface area (Å²) in [5.41, 5.74) is 6.03. The van der Waals surface area contributed by atoms with Crippen LogP contribution in [0.4, 0.5) is 0 Å². The molecule has 1 aliphatic rings. The van der Waals surface area contributed by atoms with Crippen LogP contribution in [0.25, 0.3) is 0 Å². The zero-order valence-corrected chi connectivity index (χ0v) is 12.4. The standard InChI is InChI=1S/C14H17ClN2O4/c1-14(21-6-12(18)19)7-17(8-14)5-10-3-2-9(13(16)20)4-11(10)15/h2-4H,5-8H2,1H3,(H2,16,20)(H,18,19). The van der Waals surface area contributed by atoms with Crippen molar-refractivity contribution in [1.82, 2.24) is 4.90 Å². The van der Waals surface area contributed by atoms with Crippen LogP contribution in [0.15, 0.2) is 18.2 Å². The minimum atomic E-state index is -0.972. The van der Waals surface area contributed by atoms with Crippen LogP contribution in [0, 0.1) is 0 Å². The first-order chi connectivity index (χ1) is 9.79. The summed E-state index contributed by atoms with van der Waals surface area (Å²) in [7, 11) is 0. The second-order valence-electron chi connectivity index (χ2n) is 5.45. The van der Waals surface area contributed by atoms with Crippen molar-refractivity contribution < 1.29 is 19.4 Å². The number of carbonyl (C=O) groups excluding carboxylic acids is 1. The summed E-state index contributed by atoms with van der Waals surface area (Å²) < 4.78 is 5.34. The van der Waals surface area contributed by atoms with Gasteiger partial charge in [0.2, 0.25) is 5.91 Å². The number of benzene rings is 1. The van der Waals surface area contributed by atoms with E-state index in [1.807, 2.05) is 6.92 Å². The van der Waals surface area contributed by atoms with Crippen molar-refractivity contribution in [1.29, 1.82) is 0 Å². The van der Waals surface area contributed by atoms with Gasteiger partial charge in [-0.3, -0.25) is 9.69 Å². The number of carboxylic acid groups (broad SMARTS) is 1. The van der Waals surface area contributed by atoms with Crippen molar-refractivity contribution >= 4 is 23.5 Å². The van der Waals surface area contributed by atoms with E-state index < -0.39 is 17.5 Å². The normalized spacial score (nSPS) is 17.2. The second-order valence-corrected chi connectivity index (χ2v) is 5.86. The molecule has 0 saturated carbocycles. The van der Waals surface area contributed by atoms with Crippen LogP contribution in [-0.2, 0) is 16.1 Å². The van der Waals surface area contributed by atoms with Gasteiger partial charge in [-0.05, 0) is 24.6 Å². The van der Waals surface area contributed by atoms with E-state index in [1.54, 1.807) is 18.2 Å². The molecule has 0 spiro atoms. The highest BCUT2D eigenvalue weighted by Gasteiger charge is 2.40. The number of amides is 1. The highest BCUT2D eigenvalue weighted by molar-refractivity contribution is 6.31. The minimum Gasteiger partial charge on any atom is -0.480 e. The predicted molar refractivity (Wildman–Crippen MR) is 77.2 cm³/mol. The first-order valence-electron chi connectivity index (χ1n) is 6.45. The van der Waals surface area contributed by atoms with Crippen molar-refractivity contribution in [3.05, 3.63) is 34.3 Å². The van der Waals surface area contributed by atoms with Crippen LogP contribution >= 0.6 is 11.6 Å². The fourth-order valence-electron chi connectivity index (χ4n) is 2.41. The Morgan fingerprint density at radius 2 is 2.14 bits per heavy atom. The van der Waals surface area contributed by atoms with E-state index in [0.717, 1.165) is 5.56 Å². The maximum atomic E-state index is 11.1. The van der Waals surface area contributed by atoms with Gasteiger partial charge >= 0.3 is 5.97 Å². The van der Waals surface area contributed by atoms with Gasteiger partial charge in [0.25, 0.3) is 0 Å². The fourth-order valence-corrected chi connectivity index (χ4v) is 2.65. The maximum Gasteiger partial charge on any atom is 0.329 e. The van der Waals surface area contributed by atoms with Crippen LogP contribution in [0.1, 0.15) is 22.8 Å². The number of carboxylic acids is 1. The van der Waals surface area contributed by atoms with Gasteiger partial charge in [-0.2, -0.15) is 0 Å². The van der Waals surface area contributed by atoms with Crippen LogP contribution < -0.4 is 5.73 Å². The molecule has 1 saturated heterocycles. The van der Waals surface area contributed by atoms with Gasteiger partial charge in [-0.15, -0.1) is 0 Å². The number of halogens is 1. The van der Waals surface area contributed by atoms with E-state index in [4.69, 9.17) is 27.2 Å². The molecule has 1 fully saturated rings. The van der Waals surface area contributed by atoms with E-state index in [-0.39, 0.29) is 6.61 Å². The number of carbonyl (C=O) groups is 2. The number of hydrogen-bond acceptors (Lipinski definition) is 4. The quantitative estimate of drug-likeness (QED) is 0.821. The number of primary amides is 1. The molecule has 2 rings (SSSR count). The van der Waals surface area contributed by atoms with E-state index in [9.17, 15) is 9.59 Å². The van der Waals surface area contributed by atoms with Crippen LogP contribution in [0.5, 0.6) is 0 Å². The molecule has 0 bridgehead atoms. The molecule has 0 aromatic heterocycles. The highest BCUT2D eigenvalue weighted by Crippen LogP contribution is 2.28. The van der Waals surface area contributed by atoms with Crippen molar-refractivity contribution in [3.63, 3.8) is 0 Å². The van der Waals surface area contributed by atoms with Crippen LogP contribution in [0.3, 0.4) is 0 Å². The molecule has 21 heavy (non-hydrogen) atoms. The molecule has 1 heterocycles. The van der Waals surface area contributed by atoms with Gasteiger partial charge in [0.05, 0.1) is 5.60 Å². The maximum absolute atomic E-state index is 11.1. The van der Waals surface area contributed by atoms with Crippen molar-refractivity contribution in [2.75, 3.05) is 19.7 Å². The minimum absolute atomic E-state index is 0.293. The first-order valence-corrected chi connectivity index (χ1v) is 6.83. The molecule has 7 heteroatoms. The van der Waals surface area contributed by atoms with Gasteiger partial charge < -0.3 is 15.6 Å². The lowest BCUT2D eigenvalue weighted by atomic mass is 9.95. The number of aliphatic carboxylic acids is 1. The molecule has 1 aromatic rings. The molecule has 6 nitrogen and oxygen atoms in total. The molecule has 114 valence electrons. The second kappa shape index (κ2) is 6.01. The Kier molecular flexibility index (Phi) is 4.51. The summed E-state index contributed by atoms with van der Waals surface area (Å²) in [5, 5.41) is 9.10. The molecule has 1 aliphatic heterocycles. The number of ether oxygens (including phenoxy) is 1. The lowest BCUT2D eigenvalue weighted by Gasteiger charge is -2.47. The molecule has 0 radical (unpaired) electrons. The SMILES string of the molecule is CC1(OCC(=O)O)CN(Cc2ccc(C(N)=O)cc2Cl)C1. The zero-order chi connectivity index (χ0) is 15.6. The molecule has 1 aromatic carbocycles. The number of nitrogens with zero attached hydrogens (tertiary/aromatic N) is 1. The van der Waals surface area contributed by atoms with Gasteiger partial charge in [-0.25, -0.2) is 4.79 Å². The lowest BCUT2D eigenvalue weighted by Crippen LogP contribution is -2.61. The van der Waals surface area contributed by atoms with E-state index in [0.29, 0.717) is 30.2 Å².